The van der Waals surface area contributed by atoms with Gasteiger partial charge in [-0.15, -0.1) is 11.8 Å². The van der Waals surface area contributed by atoms with Crippen LogP contribution in [-0.2, 0) is 0 Å². The van der Waals surface area contributed by atoms with Crippen LogP contribution in [0.15, 0.2) is 4.21 Å². The van der Waals surface area contributed by atoms with Gasteiger partial charge in [0.1, 0.15) is 4.21 Å². The van der Waals surface area contributed by atoms with Crippen LogP contribution in [-0.4, -0.2) is 21.7 Å². The van der Waals surface area contributed by atoms with Gasteiger partial charge in [-0.1, -0.05) is 0 Å². The summed E-state index contributed by atoms with van der Waals surface area (Å²) in [6.07, 6.45) is 1.83. The van der Waals surface area contributed by atoms with Crippen molar-refractivity contribution in [1.29, 1.82) is 0 Å². The molecule has 0 aliphatic rings. The van der Waals surface area contributed by atoms with Gasteiger partial charge in [-0.2, -0.15) is 4.37 Å². The molecule has 0 aliphatic carbocycles. The van der Waals surface area contributed by atoms with Crippen LogP contribution in [0.2, 0.25) is 0 Å². The molecule has 4 nitrogen and oxygen atoms in total. The fraction of sp³-hybridized carbons (Fsp3) is 0.200. The molecule has 1 aromatic rings. The molecule has 1 heterocycles. The topological polar surface area (TPSA) is 76.2 Å². The molecule has 0 saturated heterocycles. The van der Waals surface area contributed by atoms with Gasteiger partial charge in [0.15, 0.2) is 5.69 Å². The summed E-state index contributed by atoms with van der Waals surface area (Å²) in [5.74, 6) is -1.07. The fourth-order valence-corrected chi connectivity index (χ4v) is 1.86. The molecule has 1 aromatic heterocycles. The first kappa shape index (κ1) is 8.35. The predicted molar refractivity (Wildman–Crippen MR) is 45.3 cm³/mol. The Morgan fingerprint density at radius 3 is 2.73 bits per heavy atom. The Morgan fingerprint density at radius 2 is 2.45 bits per heavy atom. The second-order valence-electron chi connectivity index (χ2n) is 1.74. The normalized spacial score (nSPS) is 9.91. The lowest BCUT2D eigenvalue weighted by molar-refractivity contribution is 0.0693. The quantitative estimate of drug-likeness (QED) is 0.684. The van der Waals surface area contributed by atoms with E-state index in [1.165, 1.54) is 11.8 Å². The van der Waals surface area contributed by atoms with E-state index >= 15 is 0 Å². The van der Waals surface area contributed by atoms with Gasteiger partial charge in [-0.25, -0.2) is 4.79 Å². The average molecular weight is 190 g/mol. The standard InChI is InChI=1S/C5H6N2O2S2/c1-10-5-2(6)3(4(8)9)7-11-5/h6H2,1H3,(H,8,9). The number of hydrogen-bond donors (Lipinski definition) is 2. The van der Waals surface area contributed by atoms with Crippen molar-refractivity contribution in [1.82, 2.24) is 4.37 Å². The van der Waals surface area contributed by atoms with Gasteiger partial charge in [0.25, 0.3) is 0 Å². The lowest BCUT2D eigenvalue weighted by Gasteiger charge is -1.90. The molecule has 6 heteroatoms. The molecule has 0 atom stereocenters. The number of nitrogens with two attached hydrogens (primary N) is 1. The second kappa shape index (κ2) is 3.10. The lowest BCUT2D eigenvalue weighted by Crippen LogP contribution is -2.00. The van der Waals surface area contributed by atoms with E-state index in [4.69, 9.17) is 10.8 Å². The van der Waals surface area contributed by atoms with Crippen LogP contribution in [0.3, 0.4) is 0 Å². The van der Waals surface area contributed by atoms with Gasteiger partial charge in [0, 0.05) is 0 Å². The van der Waals surface area contributed by atoms with Crippen LogP contribution in [0.4, 0.5) is 5.69 Å². The van der Waals surface area contributed by atoms with Crippen molar-refractivity contribution in [2.24, 2.45) is 0 Å². The molecule has 0 amide bonds. The van der Waals surface area contributed by atoms with Crippen LogP contribution in [0.5, 0.6) is 0 Å². The van der Waals surface area contributed by atoms with Gasteiger partial charge in [-0.3, -0.25) is 0 Å². The number of aromatic carboxylic acids is 1. The third kappa shape index (κ3) is 1.46. The minimum atomic E-state index is -1.07. The molecule has 0 aliphatic heterocycles. The van der Waals surface area contributed by atoms with Crippen LogP contribution < -0.4 is 5.73 Å². The summed E-state index contributed by atoms with van der Waals surface area (Å²) >= 11 is 2.51. The van der Waals surface area contributed by atoms with E-state index in [0.717, 1.165) is 15.7 Å². The maximum absolute atomic E-state index is 10.4. The van der Waals surface area contributed by atoms with Crippen molar-refractivity contribution in [3.8, 4) is 0 Å². The van der Waals surface area contributed by atoms with Crippen molar-refractivity contribution >= 4 is 35.0 Å². The zero-order valence-corrected chi connectivity index (χ0v) is 7.33. The molecule has 0 bridgehead atoms. The monoisotopic (exact) mass is 190 g/mol. The van der Waals surface area contributed by atoms with E-state index in [1.54, 1.807) is 0 Å². The summed E-state index contributed by atoms with van der Waals surface area (Å²) < 4.78 is 4.43. The van der Waals surface area contributed by atoms with Crippen molar-refractivity contribution in [2.75, 3.05) is 12.0 Å². The second-order valence-corrected chi connectivity index (χ2v) is 3.59. The van der Waals surface area contributed by atoms with Crippen LogP contribution >= 0.6 is 23.3 Å². The van der Waals surface area contributed by atoms with Gasteiger partial charge in [0.05, 0.1) is 5.69 Å². The summed E-state index contributed by atoms with van der Waals surface area (Å²) in [6.45, 7) is 0. The Balaban J connectivity index is 3.10. The highest BCUT2D eigenvalue weighted by Crippen LogP contribution is 2.29. The van der Waals surface area contributed by atoms with E-state index in [1.807, 2.05) is 6.26 Å². The van der Waals surface area contributed by atoms with E-state index in [0.29, 0.717) is 0 Å². The highest BCUT2D eigenvalue weighted by molar-refractivity contribution is 8.00. The van der Waals surface area contributed by atoms with E-state index in [2.05, 4.69) is 4.37 Å². The molecule has 0 spiro atoms. The van der Waals surface area contributed by atoms with Gasteiger partial charge >= 0.3 is 5.97 Å². The number of nitrogens with zero attached hydrogens (tertiary/aromatic N) is 1. The highest BCUT2D eigenvalue weighted by Gasteiger charge is 2.15. The Hall–Kier alpha value is -0.750. The largest absolute Gasteiger partial charge is 0.476 e. The zero-order chi connectivity index (χ0) is 8.43. The van der Waals surface area contributed by atoms with Crippen LogP contribution in [0, 0.1) is 0 Å². The molecule has 3 N–H and O–H groups in total. The summed E-state index contributed by atoms with van der Waals surface area (Å²) in [7, 11) is 0. The maximum atomic E-state index is 10.4. The molecule has 0 aromatic carbocycles. The minimum Gasteiger partial charge on any atom is -0.476 e. The Kier molecular flexibility index (Phi) is 2.35. The third-order valence-electron chi connectivity index (χ3n) is 1.08. The van der Waals surface area contributed by atoms with Gasteiger partial charge in [-0.05, 0) is 17.8 Å². The maximum Gasteiger partial charge on any atom is 0.357 e. The molecular formula is C5H6N2O2S2. The molecule has 0 unspecified atom stereocenters. The molecule has 11 heavy (non-hydrogen) atoms. The average Bonchev–Trinajstić information content (AvgIpc) is 2.30. The summed E-state index contributed by atoms with van der Waals surface area (Å²) in [5, 5.41) is 8.53. The van der Waals surface area contributed by atoms with Crippen molar-refractivity contribution < 1.29 is 9.90 Å². The first-order valence-electron chi connectivity index (χ1n) is 2.69. The number of thioether (sulfide) groups is 1. The number of nitrogen functional groups attached to an aromatic ring is 1. The molecule has 0 radical (unpaired) electrons. The van der Waals surface area contributed by atoms with E-state index < -0.39 is 5.97 Å². The first-order valence-corrected chi connectivity index (χ1v) is 4.69. The lowest BCUT2D eigenvalue weighted by atomic mass is 10.4. The molecule has 0 saturated carbocycles. The summed E-state index contributed by atoms with van der Waals surface area (Å²) in [6, 6.07) is 0. The number of carbonyl (C=O) groups is 1. The van der Waals surface area contributed by atoms with E-state index in [-0.39, 0.29) is 11.4 Å². The van der Waals surface area contributed by atoms with Gasteiger partial charge in [0.2, 0.25) is 0 Å². The molecular weight excluding hydrogens is 184 g/mol. The summed E-state index contributed by atoms with van der Waals surface area (Å²) in [4.78, 5) is 10.4. The summed E-state index contributed by atoms with van der Waals surface area (Å²) in [5.41, 5.74) is 5.69. The number of hydrogen-bond acceptors (Lipinski definition) is 5. The van der Waals surface area contributed by atoms with Crippen molar-refractivity contribution in [2.45, 2.75) is 4.21 Å². The number of anilines is 1. The zero-order valence-electron chi connectivity index (χ0n) is 5.70. The Bertz CT molecular complexity index is 284. The smallest absolute Gasteiger partial charge is 0.357 e. The van der Waals surface area contributed by atoms with Gasteiger partial charge < -0.3 is 10.8 Å². The molecule has 0 fully saturated rings. The predicted octanol–water partition coefficient (Wildman–Crippen LogP) is 1.15. The molecule has 60 valence electrons. The number of rotatable bonds is 2. The number of aromatic nitrogens is 1. The van der Waals surface area contributed by atoms with Crippen LogP contribution in [0.1, 0.15) is 10.5 Å². The fourth-order valence-electron chi connectivity index (χ4n) is 0.584. The SMILES string of the molecule is CSc1snc(C(=O)O)c1N. The Labute approximate surface area is 71.6 Å². The number of carboxylic acid groups (broad SMARTS) is 1. The van der Waals surface area contributed by atoms with Crippen molar-refractivity contribution in [3.05, 3.63) is 5.69 Å². The first-order chi connectivity index (χ1) is 5.16. The highest BCUT2D eigenvalue weighted by atomic mass is 32.2. The minimum absolute atomic E-state index is 0.0423. The third-order valence-corrected chi connectivity index (χ3v) is 3.06. The van der Waals surface area contributed by atoms with E-state index in [9.17, 15) is 4.79 Å². The molecule has 1 rings (SSSR count). The van der Waals surface area contributed by atoms with Crippen LogP contribution in [0.25, 0.3) is 0 Å². The number of carboxylic acids is 1. The Morgan fingerprint density at radius 1 is 1.82 bits per heavy atom. The van der Waals surface area contributed by atoms with Crippen molar-refractivity contribution in [3.63, 3.8) is 0 Å².